The molecule has 5 aromatic carbocycles. The van der Waals surface area contributed by atoms with Gasteiger partial charge >= 0.3 is 5.97 Å². The summed E-state index contributed by atoms with van der Waals surface area (Å²) in [5.74, 6) is -15.7. The maximum absolute atomic E-state index is 16.1. The average Bonchev–Trinajstić information content (AvgIpc) is 0.767. The predicted octanol–water partition coefficient (Wildman–Crippen LogP) is 1.52. The quantitative estimate of drug-likeness (QED) is 0.0666. The first kappa shape index (κ1) is 78.4. The van der Waals surface area contributed by atoms with E-state index in [9.17, 15) is 70.2 Å². The van der Waals surface area contributed by atoms with Crippen molar-refractivity contribution in [3.8, 4) is 57.1 Å². The maximum Gasteiger partial charge on any atom is 0.330 e. The average molecular weight is 1510 g/mol. The number of carboxylic acids is 1. The molecule has 0 spiro atoms. The van der Waals surface area contributed by atoms with E-state index in [0.717, 1.165) is 66.7 Å². The fourth-order valence-corrected chi connectivity index (χ4v) is 13.4. The number of aliphatic carboxylic acids is 1. The Labute approximate surface area is 609 Å². The Morgan fingerprint density at radius 3 is 1.90 bits per heavy atom. The Morgan fingerprint density at radius 1 is 0.695 bits per heavy atom. The van der Waals surface area contributed by atoms with Crippen molar-refractivity contribution < 1.29 is 118 Å². The van der Waals surface area contributed by atoms with Gasteiger partial charge in [-0.2, -0.15) is 0 Å². The van der Waals surface area contributed by atoms with Crippen LogP contribution in [0.5, 0.6) is 46.0 Å². The number of amides is 7. The minimum absolute atomic E-state index is 0.103. The molecule has 7 aliphatic rings. The standard InChI is InChI=1S/C70H83Cl2N9O24/c1-26(2)13-14-75-38(15-27(3)4)62(92)80-53-55(87)30-8-11-42(36(71)17-30)101-44-19-32-20-45(59(44)105-69-60(58(90)57(89)46(25-82)103-69)104-48-24-70(6,74)61(91)28(5)100-48)102-43-12-9-31(18-37(43)72)56(88)54-67(97)79-52(68(98)99)35-21-33(83)22-41(85)49(35)34-16-29(7-10-40(34)84)50(64(94)81-54)78-65(95)51(32)77-63(93)39(23-47(73)86)76-66(53)96/h7-12,16-22,26-28,38-39,46,48,50-58,60-61,69,75,82-85,87-91H,13-15,23-25,74H2,1-6H3,(H2,73,86)(H,76,96)(H,77,93)(H,78,95)(H,79,97)(H,80,92)(H,81,94)(H,98,99)/t28-,38+,39-,46+,48-,50+,51-,52-,53+,54-,55+,56+,57+,58-,60+,61+,69-,70-/m0/s1. The Morgan fingerprint density at radius 2 is 1.30 bits per heavy atom. The van der Waals surface area contributed by atoms with Crippen molar-refractivity contribution in [1.29, 1.82) is 0 Å². The van der Waals surface area contributed by atoms with Gasteiger partial charge < -0.3 is 128 Å². The number of halogens is 2. The number of ether oxygens (including phenoxy) is 6. The van der Waals surface area contributed by atoms with Crippen LogP contribution in [0.1, 0.15) is 125 Å². The van der Waals surface area contributed by atoms with E-state index in [1.165, 1.54) is 26.0 Å². The summed E-state index contributed by atoms with van der Waals surface area (Å²) in [4.78, 5) is 118. The molecule has 0 radical (unpaired) electrons. The SMILES string of the molecule is CC(C)CCN[C@H](CC(C)C)C(=O)N[C@H]1C(=O)N[C@@H](CC(N)=O)C(=O)N[C@@H]2C(=O)N[C@H]3C(=O)N[C@H](C(=O)N[C@H](C(=O)O)c4cc(O)cc(O)c4-c4cc3ccc4O)[C@H](O)c3ccc(c(Cl)c3)Oc3cc2cc(c3O[C@@H]2O[C@H](CO)[C@@H](O)[C@H](O)[C@H]2O[C@H]2C[C@](C)(N)[C@H](O)[C@H](C)O2)Oc2ccc(cc2Cl)[C@H]1O. The molecule has 0 aliphatic carbocycles. The van der Waals surface area contributed by atoms with E-state index < -0.39 is 237 Å². The minimum Gasteiger partial charge on any atom is -0.508 e. The molecule has 105 heavy (non-hydrogen) atoms. The van der Waals surface area contributed by atoms with Crippen molar-refractivity contribution in [3.05, 3.63) is 117 Å². The summed E-state index contributed by atoms with van der Waals surface area (Å²) < 4.78 is 38.4. The van der Waals surface area contributed by atoms with Crippen molar-refractivity contribution in [3.63, 3.8) is 0 Å². The van der Waals surface area contributed by atoms with E-state index in [2.05, 4.69) is 37.2 Å². The number of nitrogens with two attached hydrogens (primary N) is 2. The normalized spacial score (nSPS) is 28.8. The van der Waals surface area contributed by atoms with Crippen LogP contribution in [0.3, 0.4) is 0 Å². The van der Waals surface area contributed by atoms with Gasteiger partial charge in [0, 0.05) is 34.7 Å². The van der Waals surface area contributed by atoms with Gasteiger partial charge in [-0.3, -0.25) is 33.6 Å². The number of fused-ring (bicyclic) bond motifs is 15. The van der Waals surface area contributed by atoms with Crippen LogP contribution in [0.15, 0.2) is 78.9 Å². The van der Waals surface area contributed by atoms with Crippen LogP contribution in [0.2, 0.25) is 10.0 Å². The first-order chi connectivity index (χ1) is 49.5. The van der Waals surface area contributed by atoms with Gasteiger partial charge in [-0.05, 0) is 122 Å². The number of phenols is 3. The molecule has 7 aliphatic heterocycles. The fourth-order valence-electron chi connectivity index (χ4n) is 13.0. The van der Waals surface area contributed by atoms with Crippen LogP contribution in [-0.2, 0) is 52.6 Å². The summed E-state index contributed by atoms with van der Waals surface area (Å²) in [5.41, 5.74) is 8.08. The molecule has 7 amide bonds. The highest BCUT2D eigenvalue weighted by Gasteiger charge is 2.52. The summed E-state index contributed by atoms with van der Waals surface area (Å²) in [6, 6.07) is -0.594. The van der Waals surface area contributed by atoms with Gasteiger partial charge in [0.1, 0.15) is 89.5 Å². The van der Waals surface area contributed by atoms with Crippen LogP contribution in [0, 0.1) is 11.8 Å². The third-order valence-corrected chi connectivity index (χ3v) is 19.1. The zero-order chi connectivity index (χ0) is 76.5. The summed E-state index contributed by atoms with van der Waals surface area (Å²) in [7, 11) is 0. The number of carbonyl (C=O) groups is 8. The van der Waals surface area contributed by atoms with E-state index >= 15 is 19.2 Å². The van der Waals surface area contributed by atoms with Crippen LogP contribution < -0.4 is 62.9 Å². The Bertz CT molecular complexity index is 4170. The number of hydrogen-bond acceptors (Lipinski definition) is 25. The molecule has 2 fully saturated rings. The summed E-state index contributed by atoms with van der Waals surface area (Å²) >= 11 is 14.2. The number of carboxylic acid groups (broad SMARTS) is 1. The van der Waals surface area contributed by atoms with Crippen molar-refractivity contribution in [2.45, 2.75) is 176 Å². The minimum atomic E-state index is -2.35. The second-order valence-electron chi connectivity index (χ2n) is 27.6. The van der Waals surface area contributed by atoms with Gasteiger partial charge in [-0.15, -0.1) is 0 Å². The van der Waals surface area contributed by atoms with E-state index in [1.54, 1.807) is 0 Å². The topological polar surface area (TPSA) is 530 Å². The van der Waals surface area contributed by atoms with E-state index in [1.807, 2.05) is 27.7 Å². The van der Waals surface area contributed by atoms with Gasteiger partial charge in [0.15, 0.2) is 29.9 Å². The zero-order valence-corrected chi connectivity index (χ0v) is 58.8. The number of benzene rings is 5. The second kappa shape index (κ2) is 32.3. The molecular weight excluding hydrogens is 1420 g/mol. The molecule has 35 heteroatoms. The molecule has 0 aromatic heterocycles. The number of aromatic hydroxyl groups is 3. The molecule has 33 nitrogen and oxygen atoms in total. The molecule has 7 heterocycles. The zero-order valence-electron chi connectivity index (χ0n) is 57.3. The largest absolute Gasteiger partial charge is 0.508 e. The number of aliphatic hydroxyl groups excluding tert-OH is 6. The first-order valence-electron chi connectivity index (χ1n) is 33.5. The molecule has 5 aromatic rings. The lowest BCUT2D eigenvalue weighted by molar-refractivity contribution is -0.333. The van der Waals surface area contributed by atoms with Crippen molar-refractivity contribution in [1.82, 2.24) is 37.2 Å². The van der Waals surface area contributed by atoms with Crippen molar-refractivity contribution >= 4 is 70.5 Å². The fraction of sp³-hybridized carbons (Fsp3) is 0.457. The van der Waals surface area contributed by atoms with Crippen LogP contribution in [0.25, 0.3) is 11.1 Å². The molecule has 18 atom stereocenters. The lowest BCUT2D eigenvalue weighted by Crippen LogP contribution is -2.64. The molecule has 0 saturated carbocycles. The lowest BCUT2D eigenvalue weighted by Gasteiger charge is -2.47. The third kappa shape index (κ3) is 17.4. The highest BCUT2D eigenvalue weighted by atomic mass is 35.5. The summed E-state index contributed by atoms with van der Waals surface area (Å²) in [6.07, 6.45) is -17.9. The molecular formula is C70H83Cl2N9O24. The van der Waals surface area contributed by atoms with E-state index in [0.29, 0.717) is 13.0 Å². The highest BCUT2D eigenvalue weighted by molar-refractivity contribution is 6.32. The first-order valence-corrected chi connectivity index (χ1v) is 34.3. The molecule has 2 saturated heterocycles. The van der Waals surface area contributed by atoms with Crippen molar-refractivity contribution in [2.24, 2.45) is 23.3 Å². The van der Waals surface area contributed by atoms with E-state index in [4.69, 9.17) is 63.1 Å². The molecule has 0 unspecified atom stereocenters. The van der Waals surface area contributed by atoms with E-state index in [-0.39, 0.29) is 52.1 Å². The van der Waals surface area contributed by atoms with Gasteiger partial charge in [0.05, 0.1) is 41.3 Å². The molecule has 566 valence electrons. The second-order valence-corrected chi connectivity index (χ2v) is 28.4. The van der Waals surface area contributed by atoms with Crippen LogP contribution in [0.4, 0.5) is 0 Å². The van der Waals surface area contributed by atoms with Gasteiger partial charge in [-0.1, -0.05) is 69.1 Å². The van der Waals surface area contributed by atoms with Crippen LogP contribution >= 0.6 is 23.2 Å². The van der Waals surface area contributed by atoms with Gasteiger partial charge in [-0.25, -0.2) is 4.79 Å². The predicted molar refractivity (Wildman–Crippen MR) is 368 cm³/mol. The van der Waals surface area contributed by atoms with Crippen LogP contribution in [-0.4, -0.2) is 190 Å². The third-order valence-electron chi connectivity index (χ3n) is 18.5. The number of carbonyl (C=O) groups excluding carboxylic acids is 7. The molecule has 11 bridgehead atoms. The summed E-state index contributed by atoms with van der Waals surface area (Å²) in [5, 5.41) is 132. The Balaban J connectivity index is 1.23. The Hall–Kier alpha value is -9.20. The smallest absolute Gasteiger partial charge is 0.330 e. The lowest BCUT2D eigenvalue weighted by atomic mass is 9.86. The van der Waals surface area contributed by atoms with Gasteiger partial charge in [0.25, 0.3) is 0 Å². The summed E-state index contributed by atoms with van der Waals surface area (Å²) in [6.45, 7) is 10.0. The molecule has 12 rings (SSSR count). The number of primary amides is 1. The van der Waals surface area contributed by atoms with Crippen molar-refractivity contribution in [2.75, 3.05) is 13.2 Å². The monoisotopic (exact) mass is 1500 g/mol. The number of nitrogens with one attached hydrogen (secondary N) is 7. The highest BCUT2D eigenvalue weighted by Crippen LogP contribution is 2.50. The maximum atomic E-state index is 16.1. The number of rotatable bonds is 16. The number of phenolic OH excluding ortho intramolecular Hbond substituents is 3. The number of hydrogen-bond donors (Lipinski definition) is 19. The molecule has 21 N–H and O–H groups in total. The van der Waals surface area contributed by atoms with Gasteiger partial charge in [0.2, 0.25) is 53.4 Å². The number of aliphatic hydroxyl groups is 6. The Kier molecular flexibility index (Phi) is 24.1.